The summed E-state index contributed by atoms with van der Waals surface area (Å²) >= 11 is 0. The van der Waals surface area contributed by atoms with E-state index in [2.05, 4.69) is 15.3 Å². The average molecular weight is 259 g/mol. The van der Waals surface area contributed by atoms with Gasteiger partial charge in [0.15, 0.2) is 0 Å². The fraction of sp³-hybridized carbons (Fsp3) is 0.308. The lowest BCUT2D eigenvalue weighted by Gasteiger charge is -2.22. The van der Waals surface area contributed by atoms with Gasteiger partial charge in [0.25, 0.3) is 0 Å². The Kier molecular flexibility index (Phi) is 3.79. The van der Waals surface area contributed by atoms with Crippen LogP contribution in [-0.4, -0.2) is 36.0 Å². The standard InChI is InChI=1S/C13H17N5O/c1-3-18(7-12(19)15-2)13-10-6-9(14)4-5-11(10)16-8-17-13/h4-6,8H,3,7,14H2,1-2H3,(H,15,19). The summed E-state index contributed by atoms with van der Waals surface area (Å²) in [4.78, 5) is 21.9. The predicted molar refractivity (Wildman–Crippen MR) is 75.9 cm³/mol. The number of likely N-dealkylation sites (N-methyl/N-ethyl adjacent to an activating group) is 2. The van der Waals surface area contributed by atoms with E-state index in [1.54, 1.807) is 13.1 Å². The van der Waals surface area contributed by atoms with Crippen molar-refractivity contribution in [1.82, 2.24) is 15.3 Å². The van der Waals surface area contributed by atoms with Gasteiger partial charge in [0.1, 0.15) is 12.1 Å². The van der Waals surface area contributed by atoms with Crippen LogP contribution in [0, 0.1) is 0 Å². The first-order valence-corrected chi connectivity index (χ1v) is 6.11. The van der Waals surface area contributed by atoms with Crippen LogP contribution in [0.25, 0.3) is 10.9 Å². The maximum atomic E-state index is 11.5. The van der Waals surface area contributed by atoms with Crippen LogP contribution in [-0.2, 0) is 4.79 Å². The van der Waals surface area contributed by atoms with E-state index in [1.165, 1.54) is 6.33 Å². The van der Waals surface area contributed by atoms with Crippen molar-refractivity contribution in [3.05, 3.63) is 24.5 Å². The summed E-state index contributed by atoms with van der Waals surface area (Å²) in [5.41, 5.74) is 7.28. The lowest BCUT2D eigenvalue weighted by atomic mass is 10.2. The normalized spacial score (nSPS) is 10.4. The molecule has 1 amide bonds. The largest absolute Gasteiger partial charge is 0.399 e. The second-order valence-corrected chi connectivity index (χ2v) is 4.16. The summed E-state index contributed by atoms with van der Waals surface area (Å²) < 4.78 is 0. The summed E-state index contributed by atoms with van der Waals surface area (Å²) in [6.07, 6.45) is 1.50. The van der Waals surface area contributed by atoms with Gasteiger partial charge in [-0.2, -0.15) is 0 Å². The molecule has 1 heterocycles. The first-order chi connectivity index (χ1) is 9.15. The first-order valence-electron chi connectivity index (χ1n) is 6.11. The number of carbonyl (C=O) groups is 1. The lowest BCUT2D eigenvalue weighted by molar-refractivity contribution is -0.119. The molecule has 100 valence electrons. The minimum absolute atomic E-state index is 0.0579. The number of nitrogens with zero attached hydrogens (tertiary/aromatic N) is 3. The highest BCUT2D eigenvalue weighted by Crippen LogP contribution is 2.24. The van der Waals surface area contributed by atoms with Crippen molar-refractivity contribution < 1.29 is 4.79 Å². The summed E-state index contributed by atoms with van der Waals surface area (Å²) in [5, 5.41) is 3.47. The third-order valence-electron chi connectivity index (χ3n) is 2.93. The molecule has 6 heteroatoms. The van der Waals surface area contributed by atoms with Gasteiger partial charge in [0, 0.05) is 24.7 Å². The lowest BCUT2D eigenvalue weighted by Crippen LogP contribution is -2.36. The second kappa shape index (κ2) is 5.51. The van der Waals surface area contributed by atoms with Crippen LogP contribution in [0.15, 0.2) is 24.5 Å². The van der Waals surface area contributed by atoms with Gasteiger partial charge in [-0.3, -0.25) is 4.79 Å². The molecule has 3 N–H and O–H groups in total. The summed E-state index contributed by atoms with van der Waals surface area (Å²) in [5.74, 6) is 0.668. The van der Waals surface area contributed by atoms with Crippen molar-refractivity contribution in [2.24, 2.45) is 0 Å². The highest BCUT2D eigenvalue weighted by molar-refractivity contribution is 5.93. The van der Waals surface area contributed by atoms with E-state index in [0.29, 0.717) is 12.2 Å². The second-order valence-electron chi connectivity index (χ2n) is 4.16. The SMILES string of the molecule is CCN(CC(=O)NC)c1ncnc2ccc(N)cc12. The molecular formula is C13H17N5O. The molecule has 0 aliphatic heterocycles. The number of fused-ring (bicyclic) bond motifs is 1. The van der Waals surface area contributed by atoms with Crippen LogP contribution in [0.3, 0.4) is 0 Å². The molecule has 0 unspecified atom stereocenters. The third kappa shape index (κ3) is 2.73. The molecule has 0 bridgehead atoms. The van der Waals surface area contributed by atoms with E-state index < -0.39 is 0 Å². The minimum atomic E-state index is -0.0579. The van der Waals surface area contributed by atoms with Crippen LogP contribution in [0.1, 0.15) is 6.92 Å². The number of benzene rings is 1. The minimum Gasteiger partial charge on any atom is -0.399 e. The molecule has 0 atom stereocenters. The molecule has 0 radical (unpaired) electrons. The van der Waals surface area contributed by atoms with E-state index in [9.17, 15) is 4.79 Å². The monoisotopic (exact) mass is 259 g/mol. The van der Waals surface area contributed by atoms with Crippen LogP contribution in [0.2, 0.25) is 0 Å². The Bertz CT molecular complexity index is 599. The zero-order valence-electron chi connectivity index (χ0n) is 11.1. The summed E-state index contributed by atoms with van der Waals surface area (Å²) in [7, 11) is 1.62. The fourth-order valence-corrected chi connectivity index (χ4v) is 1.90. The Morgan fingerprint density at radius 3 is 2.89 bits per heavy atom. The molecular weight excluding hydrogens is 242 g/mol. The summed E-state index contributed by atoms with van der Waals surface area (Å²) in [6.45, 7) is 2.91. The Hall–Kier alpha value is -2.37. The van der Waals surface area contributed by atoms with Gasteiger partial charge >= 0.3 is 0 Å². The maximum absolute atomic E-state index is 11.5. The summed E-state index contributed by atoms with van der Waals surface area (Å²) in [6, 6.07) is 5.48. The number of anilines is 2. The Balaban J connectivity index is 2.47. The van der Waals surface area contributed by atoms with Crippen LogP contribution in [0.4, 0.5) is 11.5 Å². The van der Waals surface area contributed by atoms with E-state index in [0.717, 1.165) is 16.7 Å². The van der Waals surface area contributed by atoms with Crippen molar-refractivity contribution in [1.29, 1.82) is 0 Å². The van der Waals surface area contributed by atoms with Crippen LogP contribution >= 0.6 is 0 Å². The highest BCUT2D eigenvalue weighted by Gasteiger charge is 2.13. The van der Waals surface area contributed by atoms with Crippen molar-refractivity contribution in [2.75, 3.05) is 30.8 Å². The number of rotatable bonds is 4. The van der Waals surface area contributed by atoms with Crippen LogP contribution in [0.5, 0.6) is 0 Å². The van der Waals surface area contributed by atoms with Crippen molar-refractivity contribution in [3.63, 3.8) is 0 Å². The molecule has 1 aromatic heterocycles. The Morgan fingerprint density at radius 1 is 1.42 bits per heavy atom. The first kappa shape index (κ1) is 13.1. The number of amides is 1. The van der Waals surface area contributed by atoms with Gasteiger partial charge in [0.2, 0.25) is 5.91 Å². The molecule has 0 saturated heterocycles. The maximum Gasteiger partial charge on any atom is 0.239 e. The molecule has 0 spiro atoms. The number of nitrogens with two attached hydrogens (primary N) is 1. The predicted octanol–water partition coefficient (Wildman–Crippen LogP) is 0.784. The highest BCUT2D eigenvalue weighted by atomic mass is 16.1. The molecule has 0 aliphatic carbocycles. The zero-order chi connectivity index (χ0) is 13.8. The molecule has 0 aliphatic rings. The molecule has 2 aromatic rings. The van der Waals surface area contributed by atoms with E-state index in [4.69, 9.17) is 5.73 Å². The van der Waals surface area contributed by atoms with Crippen molar-refractivity contribution >= 4 is 28.3 Å². The molecule has 0 saturated carbocycles. The topological polar surface area (TPSA) is 84.1 Å². The number of nitrogen functional groups attached to an aromatic ring is 1. The number of hydrogen-bond donors (Lipinski definition) is 2. The molecule has 1 aromatic carbocycles. The molecule has 6 nitrogen and oxygen atoms in total. The zero-order valence-corrected chi connectivity index (χ0v) is 11.1. The van der Waals surface area contributed by atoms with Gasteiger partial charge in [-0.05, 0) is 25.1 Å². The number of hydrogen-bond acceptors (Lipinski definition) is 5. The third-order valence-corrected chi connectivity index (χ3v) is 2.93. The smallest absolute Gasteiger partial charge is 0.239 e. The Morgan fingerprint density at radius 2 is 2.21 bits per heavy atom. The number of carbonyl (C=O) groups excluding carboxylic acids is 1. The van der Waals surface area contributed by atoms with Crippen LogP contribution < -0.4 is 16.0 Å². The number of aromatic nitrogens is 2. The van der Waals surface area contributed by atoms with E-state index in [-0.39, 0.29) is 12.5 Å². The molecule has 19 heavy (non-hydrogen) atoms. The quantitative estimate of drug-likeness (QED) is 0.793. The van der Waals surface area contributed by atoms with Gasteiger partial charge in [0.05, 0.1) is 12.1 Å². The van der Waals surface area contributed by atoms with Crippen molar-refractivity contribution in [3.8, 4) is 0 Å². The van der Waals surface area contributed by atoms with E-state index in [1.807, 2.05) is 24.0 Å². The molecule has 0 fully saturated rings. The van der Waals surface area contributed by atoms with E-state index >= 15 is 0 Å². The number of nitrogens with one attached hydrogen (secondary N) is 1. The Labute approximate surface area is 111 Å². The van der Waals surface area contributed by atoms with Crippen molar-refractivity contribution in [2.45, 2.75) is 6.92 Å². The average Bonchev–Trinajstić information content (AvgIpc) is 2.44. The van der Waals surface area contributed by atoms with Gasteiger partial charge < -0.3 is 16.0 Å². The molecule has 2 rings (SSSR count). The van der Waals surface area contributed by atoms with Gasteiger partial charge in [-0.15, -0.1) is 0 Å². The fourth-order valence-electron chi connectivity index (χ4n) is 1.90. The van der Waals surface area contributed by atoms with Gasteiger partial charge in [-0.1, -0.05) is 0 Å². The van der Waals surface area contributed by atoms with Gasteiger partial charge in [-0.25, -0.2) is 9.97 Å².